The third-order valence-corrected chi connectivity index (χ3v) is 4.12. The van der Waals surface area contributed by atoms with E-state index in [-0.39, 0.29) is 17.9 Å². The Balaban J connectivity index is 1.84. The van der Waals surface area contributed by atoms with Gasteiger partial charge in [-0.1, -0.05) is 44.2 Å². The average molecular weight is 310 g/mol. The third-order valence-electron chi connectivity index (χ3n) is 4.12. The molecule has 1 fully saturated rings. The SMILES string of the molecule is CC(C)c1ncc(C(=O)N2CCNC[C@H]2c2ccccc2)cn1. The van der Waals surface area contributed by atoms with Crippen LogP contribution in [-0.4, -0.2) is 40.4 Å². The van der Waals surface area contributed by atoms with Crippen LogP contribution in [0.5, 0.6) is 0 Å². The summed E-state index contributed by atoms with van der Waals surface area (Å²) in [5, 5.41) is 3.37. The van der Waals surface area contributed by atoms with Crippen LogP contribution in [0.1, 0.15) is 47.6 Å². The quantitative estimate of drug-likeness (QED) is 0.945. The maximum Gasteiger partial charge on any atom is 0.257 e. The molecule has 1 saturated heterocycles. The van der Waals surface area contributed by atoms with Crippen molar-refractivity contribution in [2.75, 3.05) is 19.6 Å². The molecule has 0 radical (unpaired) electrons. The summed E-state index contributed by atoms with van der Waals surface area (Å²) in [7, 11) is 0. The zero-order valence-electron chi connectivity index (χ0n) is 13.6. The van der Waals surface area contributed by atoms with Crippen molar-refractivity contribution in [2.24, 2.45) is 0 Å². The van der Waals surface area contributed by atoms with Crippen molar-refractivity contribution in [1.82, 2.24) is 20.2 Å². The molecule has 0 bridgehead atoms. The molecule has 1 atom stereocenters. The van der Waals surface area contributed by atoms with Crippen LogP contribution < -0.4 is 5.32 Å². The van der Waals surface area contributed by atoms with Gasteiger partial charge in [0.25, 0.3) is 5.91 Å². The van der Waals surface area contributed by atoms with Crippen LogP contribution in [0.15, 0.2) is 42.7 Å². The second kappa shape index (κ2) is 6.87. The van der Waals surface area contributed by atoms with Gasteiger partial charge in [0.05, 0.1) is 11.6 Å². The fourth-order valence-electron chi connectivity index (χ4n) is 2.83. The lowest BCUT2D eigenvalue weighted by atomic mass is 10.0. The number of piperazine rings is 1. The first-order chi connectivity index (χ1) is 11.2. The summed E-state index contributed by atoms with van der Waals surface area (Å²) in [5.74, 6) is 1.02. The van der Waals surface area contributed by atoms with Gasteiger partial charge >= 0.3 is 0 Å². The molecule has 5 nitrogen and oxygen atoms in total. The Labute approximate surface area is 136 Å². The Hall–Kier alpha value is -2.27. The van der Waals surface area contributed by atoms with Gasteiger partial charge in [0.2, 0.25) is 0 Å². The molecule has 5 heteroatoms. The minimum Gasteiger partial charge on any atom is -0.329 e. The molecule has 1 aliphatic rings. The summed E-state index contributed by atoms with van der Waals surface area (Å²) in [6.07, 6.45) is 3.30. The van der Waals surface area contributed by atoms with Gasteiger partial charge in [-0.05, 0) is 5.56 Å². The van der Waals surface area contributed by atoms with Crippen LogP contribution in [0.3, 0.4) is 0 Å². The van der Waals surface area contributed by atoms with E-state index in [4.69, 9.17) is 0 Å². The number of amides is 1. The Morgan fingerprint density at radius 3 is 2.57 bits per heavy atom. The number of aromatic nitrogens is 2. The number of benzene rings is 1. The average Bonchev–Trinajstić information content (AvgIpc) is 2.62. The predicted octanol–water partition coefficient (Wildman–Crippen LogP) is 2.39. The maximum absolute atomic E-state index is 12.9. The molecule has 0 saturated carbocycles. The van der Waals surface area contributed by atoms with E-state index < -0.39 is 0 Å². The van der Waals surface area contributed by atoms with Crippen molar-refractivity contribution < 1.29 is 4.79 Å². The molecule has 120 valence electrons. The lowest BCUT2D eigenvalue weighted by molar-refractivity contribution is 0.0633. The smallest absolute Gasteiger partial charge is 0.257 e. The first-order valence-electron chi connectivity index (χ1n) is 8.05. The molecule has 1 aliphatic heterocycles. The fourth-order valence-corrected chi connectivity index (χ4v) is 2.83. The number of carbonyl (C=O) groups excluding carboxylic acids is 1. The molecule has 2 aromatic rings. The lowest BCUT2D eigenvalue weighted by Gasteiger charge is -2.36. The molecule has 1 N–H and O–H groups in total. The zero-order chi connectivity index (χ0) is 16.2. The normalized spacial score (nSPS) is 18.2. The van der Waals surface area contributed by atoms with Crippen molar-refractivity contribution in [3.8, 4) is 0 Å². The predicted molar refractivity (Wildman–Crippen MR) is 89.2 cm³/mol. The van der Waals surface area contributed by atoms with Crippen molar-refractivity contribution in [1.29, 1.82) is 0 Å². The molecule has 23 heavy (non-hydrogen) atoms. The third kappa shape index (κ3) is 3.40. The molecule has 0 unspecified atom stereocenters. The number of carbonyl (C=O) groups is 1. The molecule has 0 aliphatic carbocycles. The summed E-state index contributed by atoms with van der Waals surface area (Å²) in [5.41, 5.74) is 1.70. The van der Waals surface area contributed by atoms with Gasteiger partial charge in [0.1, 0.15) is 5.82 Å². The summed E-state index contributed by atoms with van der Waals surface area (Å²) < 4.78 is 0. The Morgan fingerprint density at radius 2 is 1.91 bits per heavy atom. The highest BCUT2D eigenvalue weighted by Crippen LogP contribution is 2.24. The van der Waals surface area contributed by atoms with E-state index in [0.29, 0.717) is 12.1 Å². The number of hydrogen-bond acceptors (Lipinski definition) is 4. The second-order valence-electron chi connectivity index (χ2n) is 6.11. The molecule has 3 rings (SSSR count). The van der Waals surface area contributed by atoms with Gasteiger partial charge in [0.15, 0.2) is 0 Å². The highest BCUT2D eigenvalue weighted by molar-refractivity contribution is 5.94. The van der Waals surface area contributed by atoms with E-state index >= 15 is 0 Å². The standard InChI is InChI=1S/C18H22N4O/c1-13(2)17-20-10-15(11-21-17)18(23)22-9-8-19-12-16(22)14-6-4-3-5-7-14/h3-7,10-11,13,16,19H,8-9,12H2,1-2H3/t16-/m0/s1. The first-order valence-corrected chi connectivity index (χ1v) is 8.05. The van der Waals surface area contributed by atoms with E-state index in [1.807, 2.05) is 36.9 Å². The Kier molecular flexibility index (Phi) is 4.67. The number of nitrogens with one attached hydrogen (secondary N) is 1. The summed E-state index contributed by atoms with van der Waals surface area (Å²) >= 11 is 0. The largest absolute Gasteiger partial charge is 0.329 e. The molecule has 2 heterocycles. The van der Waals surface area contributed by atoms with E-state index in [0.717, 1.165) is 24.5 Å². The van der Waals surface area contributed by atoms with Gasteiger partial charge in [-0.3, -0.25) is 4.79 Å². The van der Waals surface area contributed by atoms with Crippen LogP contribution >= 0.6 is 0 Å². The monoisotopic (exact) mass is 310 g/mol. The van der Waals surface area contributed by atoms with Gasteiger partial charge in [0, 0.05) is 37.9 Å². The molecular formula is C18H22N4O. The van der Waals surface area contributed by atoms with Gasteiger partial charge in [-0.2, -0.15) is 0 Å². The van der Waals surface area contributed by atoms with Crippen LogP contribution in [0.25, 0.3) is 0 Å². The Bertz CT molecular complexity index is 654. The molecular weight excluding hydrogens is 288 g/mol. The highest BCUT2D eigenvalue weighted by atomic mass is 16.2. The summed E-state index contributed by atoms with van der Waals surface area (Å²) in [6, 6.07) is 10.2. The zero-order valence-corrected chi connectivity index (χ0v) is 13.6. The van der Waals surface area contributed by atoms with E-state index in [2.05, 4.69) is 27.4 Å². The molecule has 1 aromatic heterocycles. The van der Waals surface area contributed by atoms with E-state index in [1.54, 1.807) is 12.4 Å². The minimum atomic E-state index is -0.00402. The number of nitrogens with zero attached hydrogens (tertiary/aromatic N) is 3. The minimum absolute atomic E-state index is 0.00402. The summed E-state index contributed by atoms with van der Waals surface area (Å²) in [4.78, 5) is 23.4. The topological polar surface area (TPSA) is 58.1 Å². The van der Waals surface area contributed by atoms with Crippen LogP contribution in [-0.2, 0) is 0 Å². The second-order valence-corrected chi connectivity index (χ2v) is 6.11. The van der Waals surface area contributed by atoms with Crippen LogP contribution in [0.4, 0.5) is 0 Å². The molecule has 0 spiro atoms. The number of hydrogen-bond donors (Lipinski definition) is 1. The van der Waals surface area contributed by atoms with Crippen molar-refractivity contribution in [3.63, 3.8) is 0 Å². The first kappa shape index (κ1) is 15.6. The number of rotatable bonds is 3. The van der Waals surface area contributed by atoms with Crippen molar-refractivity contribution in [3.05, 3.63) is 59.7 Å². The molecule has 1 amide bonds. The van der Waals surface area contributed by atoms with E-state index in [1.165, 1.54) is 0 Å². The van der Waals surface area contributed by atoms with Crippen LogP contribution in [0.2, 0.25) is 0 Å². The van der Waals surface area contributed by atoms with E-state index in [9.17, 15) is 4.79 Å². The fraction of sp³-hybridized carbons (Fsp3) is 0.389. The Morgan fingerprint density at radius 1 is 1.22 bits per heavy atom. The summed E-state index contributed by atoms with van der Waals surface area (Å²) in [6.45, 7) is 6.34. The van der Waals surface area contributed by atoms with Crippen molar-refractivity contribution >= 4 is 5.91 Å². The van der Waals surface area contributed by atoms with Gasteiger partial charge in [-0.15, -0.1) is 0 Å². The van der Waals surface area contributed by atoms with Crippen molar-refractivity contribution in [2.45, 2.75) is 25.8 Å². The maximum atomic E-state index is 12.9. The van der Waals surface area contributed by atoms with Crippen LogP contribution in [0, 0.1) is 0 Å². The van der Waals surface area contributed by atoms with Gasteiger partial charge < -0.3 is 10.2 Å². The van der Waals surface area contributed by atoms with Gasteiger partial charge in [-0.25, -0.2) is 9.97 Å². The molecule has 1 aromatic carbocycles. The lowest BCUT2D eigenvalue weighted by Crippen LogP contribution is -2.48. The highest BCUT2D eigenvalue weighted by Gasteiger charge is 2.28.